The first-order valence-electron chi connectivity index (χ1n) is 10.8. The van der Waals surface area contributed by atoms with E-state index in [9.17, 15) is 4.79 Å². The number of hydrogen-bond donors (Lipinski definition) is 3. The number of carbonyl (C=O) groups is 1. The monoisotopic (exact) mass is 453 g/mol. The third-order valence-corrected chi connectivity index (χ3v) is 4.76. The standard InChI is InChI=1S/C22H27N7O4/c1-2-32-22-27-20(23-14-18-7-4-10-33-18)26-21(28-22)25-17-6-3-5-16(13-17)24-19(30)15-29-8-11-31-12-9-29/h3-7,10,13H,2,8-9,11-12,14-15H2,1H3,(H,24,30)(H2,23,25,26,27,28). The lowest BCUT2D eigenvalue weighted by molar-refractivity contribution is -0.118. The van der Waals surface area contributed by atoms with Crippen molar-refractivity contribution in [2.45, 2.75) is 13.5 Å². The van der Waals surface area contributed by atoms with Crippen molar-refractivity contribution in [1.82, 2.24) is 19.9 Å². The molecule has 33 heavy (non-hydrogen) atoms. The molecule has 4 rings (SSSR count). The number of amides is 1. The third kappa shape index (κ3) is 6.89. The first-order chi connectivity index (χ1) is 16.2. The minimum absolute atomic E-state index is 0.0720. The maximum Gasteiger partial charge on any atom is 0.323 e. The second-order valence-corrected chi connectivity index (χ2v) is 7.27. The molecule has 174 valence electrons. The van der Waals surface area contributed by atoms with Gasteiger partial charge in [-0.25, -0.2) is 0 Å². The first-order valence-corrected chi connectivity index (χ1v) is 10.8. The number of furan rings is 1. The largest absolute Gasteiger partial charge is 0.467 e. The average Bonchev–Trinajstić information content (AvgIpc) is 3.32. The summed E-state index contributed by atoms with van der Waals surface area (Å²) in [6, 6.07) is 11.2. The van der Waals surface area contributed by atoms with Crippen LogP contribution in [0.1, 0.15) is 12.7 Å². The zero-order chi connectivity index (χ0) is 22.9. The number of carbonyl (C=O) groups excluding carboxylic acids is 1. The number of nitrogens with zero attached hydrogens (tertiary/aromatic N) is 4. The lowest BCUT2D eigenvalue weighted by Gasteiger charge is -2.25. The number of benzene rings is 1. The molecule has 11 heteroatoms. The maximum absolute atomic E-state index is 12.4. The van der Waals surface area contributed by atoms with E-state index in [1.165, 1.54) is 0 Å². The molecule has 3 heterocycles. The van der Waals surface area contributed by atoms with Gasteiger partial charge in [-0.05, 0) is 37.3 Å². The van der Waals surface area contributed by atoms with Gasteiger partial charge in [-0.2, -0.15) is 15.0 Å². The summed E-state index contributed by atoms with van der Waals surface area (Å²) in [4.78, 5) is 27.5. The van der Waals surface area contributed by atoms with Gasteiger partial charge in [0.15, 0.2) is 0 Å². The predicted octanol–water partition coefficient (Wildman–Crippen LogP) is 2.49. The van der Waals surface area contributed by atoms with Crippen LogP contribution in [0.3, 0.4) is 0 Å². The van der Waals surface area contributed by atoms with Crippen LogP contribution in [0.4, 0.5) is 23.3 Å². The molecule has 0 saturated carbocycles. The molecule has 1 aliphatic rings. The minimum Gasteiger partial charge on any atom is -0.467 e. The van der Waals surface area contributed by atoms with Gasteiger partial charge in [0.25, 0.3) is 0 Å². The van der Waals surface area contributed by atoms with Crippen molar-refractivity contribution in [3.8, 4) is 6.01 Å². The Kier molecular flexibility index (Phi) is 7.67. The Labute approximate surface area is 191 Å². The van der Waals surface area contributed by atoms with Crippen LogP contribution in [0.25, 0.3) is 0 Å². The molecule has 1 amide bonds. The fourth-order valence-electron chi connectivity index (χ4n) is 3.23. The number of nitrogens with one attached hydrogen (secondary N) is 3. The normalized spacial score (nSPS) is 14.0. The van der Waals surface area contributed by atoms with E-state index in [2.05, 4.69) is 35.8 Å². The quantitative estimate of drug-likeness (QED) is 0.421. The number of aromatic nitrogens is 3. The van der Waals surface area contributed by atoms with Crippen LogP contribution >= 0.6 is 0 Å². The molecule has 2 aromatic heterocycles. The van der Waals surface area contributed by atoms with Gasteiger partial charge in [-0.3, -0.25) is 9.69 Å². The molecule has 3 aromatic rings. The van der Waals surface area contributed by atoms with E-state index >= 15 is 0 Å². The molecule has 0 radical (unpaired) electrons. The summed E-state index contributed by atoms with van der Waals surface area (Å²) in [5, 5.41) is 9.18. The number of anilines is 4. The Bertz CT molecular complexity index is 1040. The molecule has 1 saturated heterocycles. The summed E-state index contributed by atoms with van der Waals surface area (Å²) in [7, 11) is 0. The molecule has 0 aliphatic carbocycles. The highest BCUT2D eigenvalue weighted by Crippen LogP contribution is 2.20. The van der Waals surface area contributed by atoms with Crippen molar-refractivity contribution in [1.29, 1.82) is 0 Å². The van der Waals surface area contributed by atoms with Crippen LogP contribution < -0.4 is 20.7 Å². The van der Waals surface area contributed by atoms with Crippen LogP contribution in [0, 0.1) is 0 Å². The van der Waals surface area contributed by atoms with E-state index in [0.29, 0.717) is 56.2 Å². The molecule has 11 nitrogen and oxygen atoms in total. The highest BCUT2D eigenvalue weighted by Gasteiger charge is 2.14. The van der Waals surface area contributed by atoms with E-state index in [4.69, 9.17) is 13.9 Å². The van der Waals surface area contributed by atoms with E-state index in [0.717, 1.165) is 18.8 Å². The van der Waals surface area contributed by atoms with Crippen LogP contribution in [0.2, 0.25) is 0 Å². The van der Waals surface area contributed by atoms with Crippen molar-refractivity contribution in [2.75, 3.05) is 55.4 Å². The third-order valence-electron chi connectivity index (χ3n) is 4.76. The van der Waals surface area contributed by atoms with Crippen LogP contribution in [0.15, 0.2) is 47.1 Å². The summed E-state index contributed by atoms with van der Waals surface area (Å²) in [6.07, 6.45) is 1.61. The second-order valence-electron chi connectivity index (χ2n) is 7.27. The fraction of sp³-hybridized carbons (Fsp3) is 0.364. The Morgan fingerprint density at radius 1 is 1.09 bits per heavy atom. The molecule has 0 atom stereocenters. The molecule has 1 aliphatic heterocycles. The topological polar surface area (TPSA) is 127 Å². The van der Waals surface area contributed by atoms with Gasteiger partial charge in [-0.15, -0.1) is 0 Å². The van der Waals surface area contributed by atoms with Crippen molar-refractivity contribution in [3.05, 3.63) is 48.4 Å². The van der Waals surface area contributed by atoms with Crippen molar-refractivity contribution >= 4 is 29.2 Å². The highest BCUT2D eigenvalue weighted by molar-refractivity contribution is 5.92. The Hall–Kier alpha value is -3.70. The van der Waals surface area contributed by atoms with Gasteiger partial charge in [-0.1, -0.05) is 6.07 Å². The number of morpholine rings is 1. The number of rotatable bonds is 10. The molecule has 1 fully saturated rings. The van der Waals surface area contributed by atoms with E-state index in [1.54, 1.807) is 6.26 Å². The summed E-state index contributed by atoms with van der Waals surface area (Å²) < 4.78 is 16.1. The number of hydrogen-bond acceptors (Lipinski definition) is 10. The molecule has 0 unspecified atom stereocenters. The smallest absolute Gasteiger partial charge is 0.323 e. The SMILES string of the molecule is CCOc1nc(NCc2ccco2)nc(Nc2cccc(NC(=O)CN3CCOCC3)c2)n1. The molecule has 0 spiro atoms. The van der Waals surface area contributed by atoms with Gasteiger partial charge < -0.3 is 29.8 Å². The van der Waals surface area contributed by atoms with Crippen LogP contribution in [-0.4, -0.2) is 65.2 Å². The summed E-state index contributed by atoms with van der Waals surface area (Å²) in [6.45, 7) is 5.85. The summed E-state index contributed by atoms with van der Waals surface area (Å²) in [5.74, 6) is 1.34. The lowest BCUT2D eigenvalue weighted by Crippen LogP contribution is -2.41. The summed E-state index contributed by atoms with van der Waals surface area (Å²) in [5.41, 5.74) is 1.39. The van der Waals surface area contributed by atoms with E-state index in [1.807, 2.05) is 43.3 Å². The molecule has 1 aromatic carbocycles. The van der Waals surface area contributed by atoms with Gasteiger partial charge in [0.1, 0.15) is 5.76 Å². The maximum atomic E-state index is 12.4. The Morgan fingerprint density at radius 3 is 2.70 bits per heavy atom. The van der Waals surface area contributed by atoms with Crippen molar-refractivity contribution in [2.24, 2.45) is 0 Å². The van der Waals surface area contributed by atoms with E-state index in [-0.39, 0.29) is 11.9 Å². The molecule has 3 N–H and O–H groups in total. The Morgan fingerprint density at radius 2 is 1.91 bits per heavy atom. The molecular weight excluding hydrogens is 426 g/mol. The predicted molar refractivity (Wildman–Crippen MR) is 123 cm³/mol. The fourth-order valence-corrected chi connectivity index (χ4v) is 3.23. The van der Waals surface area contributed by atoms with Gasteiger partial charge in [0.05, 0.1) is 39.2 Å². The van der Waals surface area contributed by atoms with Gasteiger partial charge in [0, 0.05) is 24.5 Å². The first kappa shape index (κ1) is 22.5. The lowest BCUT2D eigenvalue weighted by atomic mass is 10.2. The molecule has 0 bridgehead atoms. The van der Waals surface area contributed by atoms with Gasteiger partial charge >= 0.3 is 6.01 Å². The minimum atomic E-state index is -0.0720. The second kappa shape index (κ2) is 11.2. The Balaban J connectivity index is 1.41. The zero-order valence-corrected chi connectivity index (χ0v) is 18.4. The van der Waals surface area contributed by atoms with Crippen LogP contribution in [0.5, 0.6) is 6.01 Å². The molecular formula is C22H27N7O4. The summed E-state index contributed by atoms with van der Waals surface area (Å²) >= 11 is 0. The highest BCUT2D eigenvalue weighted by atomic mass is 16.5. The van der Waals surface area contributed by atoms with Crippen LogP contribution in [-0.2, 0) is 16.1 Å². The average molecular weight is 454 g/mol. The van der Waals surface area contributed by atoms with Crippen molar-refractivity contribution < 1.29 is 18.7 Å². The number of ether oxygens (including phenoxy) is 2. The van der Waals surface area contributed by atoms with E-state index < -0.39 is 0 Å². The van der Waals surface area contributed by atoms with Gasteiger partial charge in [0.2, 0.25) is 17.8 Å². The van der Waals surface area contributed by atoms with Crippen molar-refractivity contribution in [3.63, 3.8) is 0 Å². The zero-order valence-electron chi connectivity index (χ0n) is 18.4.